The van der Waals surface area contributed by atoms with Crippen LogP contribution in [-0.4, -0.2) is 0 Å². The third kappa shape index (κ3) is 1.61. The van der Waals surface area contributed by atoms with Crippen LogP contribution in [0.5, 0.6) is 0 Å². The summed E-state index contributed by atoms with van der Waals surface area (Å²) in [5, 5.41) is 10.4. The van der Waals surface area contributed by atoms with E-state index in [-0.39, 0.29) is 0 Å². The summed E-state index contributed by atoms with van der Waals surface area (Å²) in [6, 6.07) is 13.2. The third-order valence-electron chi connectivity index (χ3n) is 2.21. The molecule has 0 aromatic heterocycles. The summed E-state index contributed by atoms with van der Waals surface area (Å²) in [4.78, 5) is 0. The molecule has 2 aromatic rings. The van der Waals surface area contributed by atoms with Crippen molar-refractivity contribution >= 4 is 16.5 Å². The molecule has 0 spiro atoms. The molecule has 15 heavy (non-hydrogen) atoms. The van der Waals surface area contributed by atoms with Crippen LogP contribution in [0.15, 0.2) is 36.4 Å². The van der Waals surface area contributed by atoms with Crippen molar-refractivity contribution in [3.63, 3.8) is 0 Å². The maximum absolute atomic E-state index is 8.41. The molecule has 0 aliphatic rings. The molecule has 2 N–H and O–H groups in total. The molecule has 2 rings (SSSR count). The molecule has 2 aromatic carbocycles. The lowest BCUT2D eigenvalue weighted by Gasteiger charge is -2.03. The minimum atomic E-state index is 0.730. The molecule has 0 fully saturated rings. The molecule has 0 aliphatic heterocycles. The monoisotopic (exact) mass is 192 g/mol. The SMILES string of the molecule is N#CC#Cc1ccc(N)c2ccccc12. The largest absolute Gasteiger partial charge is 0.398 e. The Morgan fingerprint density at radius 2 is 1.73 bits per heavy atom. The van der Waals surface area contributed by atoms with E-state index >= 15 is 0 Å². The lowest BCUT2D eigenvalue weighted by Crippen LogP contribution is -1.88. The molecule has 0 bridgehead atoms. The summed E-state index contributed by atoms with van der Waals surface area (Å²) < 4.78 is 0. The number of hydrogen-bond acceptors (Lipinski definition) is 2. The van der Waals surface area contributed by atoms with Gasteiger partial charge in [-0.3, -0.25) is 0 Å². The number of hydrogen-bond donors (Lipinski definition) is 1. The van der Waals surface area contributed by atoms with Crippen molar-refractivity contribution in [3.8, 4) is 17.9 Å². The maximum atomic E-state index is 8.41. The van der Waals surface area contributed by atoms with Gasteiger partial charge in [-0.25, -0.2) is 0 Å². The molecule has 70 valence electrons. The van der Waals surface area contributed by atoms with E-state index in [2.05, 4.69) is 11.8 Å². The summed E-state index contributed by atoms with van der Waals surface area (Å²) >= 11 is 0. The quantitative estimate of drug-likeness (QED) is 0.514. The molecular formula is C13H8N2. The minimum absolute atomic E-state index is 0.730. The number of nitriles is 1. The zero-order valence-corrected chi connectivity index (χ0v) is 7.99. The van der Waals surface area contributed by atoms with Crippen molar-refractivity contribution in [2.24, 2.45) is 0 Å². The predicted octanol–water partition coefficient (Wildman–Crippen LogP) is 2.30. The van der Waals surface area contributed by atoms with Crippen LogP contribution in [0, 0.1) is 23.2 Å². The third-order valence-corrected chi connectivity index (χ3v) is 2.21. The molecule has 0 unspecified atom stereocenters. The van der Waals surface area contributed by atoms with Gasteiger partial charge in [0.05, 0.1) is 0 Å². The summed E-state index contributed by atoms with van der Waals surface area (Å²) in [5.74, 6) is 5.19. The van der Waals surface area contributed by atoms with Crippen LogP contribution in [0.25, 0.3) is 10.8 Å². The summed E-state index contributed by atoms with van der Waals surface area (Å²) in [6.07, 6.45) is 0. The molecule has 0 atom stereocenters. The van der Waals surface area contributed by atoms with Crippen LogP contribution in [0.3, 0.4) is 0 Å². The number of nitrogen functional groups attached to an aromatic ring is 1. The first-order chi connectivity index (χ1) is 7.33. The van der Waals surface area contributed by atoms with Crippen LogP contribution in [0.2, 0.25) is 0 Å². The van der Waals surface area contributed by atoms with Crippen molar-refractivity contribution in [2.45, 2.75) is 0 Å². The fourth-order valence-electron chi connectivity index (χ4n) is 1.53. The molecule has 0 saturated heterocycles. The van der Waals surface area contributed by atoms with E-state index in [1.807, 2.05) is 36.4 Å². The van der Waals surface area contributed by atoms with Crippen molar-refractivity contribution in [3.05, 3.63) is 42.0 Å². The predicted molar refractivity (Wildman–Crippen MR) is 60.9 cm³/mol. The van der Waals surface area contributed by atoms with Crippen LogP contribution < -0.4 is 5.73 Å². The van der Waals surface area contributed by atoms with Crippen molar-refractivity contribution in [2.75, 3.05) is 5.73 Å². The smallest absolute Gasteiger partial charge is 0.152 e. The van der Waals surface area contributed by atoms with Gasteiger partial charge in [0, 0.05) is 22.6 Å². The molecular weight excluding hydrogens is 184 g/mol. The lowest BCUT2D eigenvalue weighted by atomic mass is 10.0. The Bertz CT molecular complexity index is 610. The van der Waals surface area contributed by atoms with Gasteiger partial charge in [0.15, 0.2) is 6.07 Å². The first-order valence-electron chi connectivity index (χ1n) is 4.50. The second-order valence-electron chi connectivity index (χ2n) is 3.11. The number of anilines is 1. The Hall–Kier alpha value is -2.45. The van der Waals surface area contributed by atoms with Crippen LogP contribution in [-0.2, 0) is 0 Å². The highest BCUT2D eigenvalue weighted by Gasteiger charge is 2.00. The first-order valence-corrected chi connectivity index (χ1v) is 4.50. The second-order valence-corrected chi connectivity index (χ2v) is 3.11. The zero-order chi connectivity index (χ0) is 10.7. The van der Waals surface area contributed by atoms with Gasteiger partial charge in [-0.2, -0.15) is 5.26 Å². The van der Waals surface area contributed by atoms with Gasteiger partial charge < -0.3 is 5.73 Å². The Labute approximate surface area is 87.9 Å². The van der Waals surface area contributed by atoms with Gasteiger partial charge in [0.25, 0.3) is 0 Å². The van der Waals surface area contributed by atoms with E-state index in [4.69, 9.17) is 11.0 Å². The summed E-state index contributed by atoms with van der Waals surface area (Å²) in [6.45, 7) is 0. The van der Waals surface area contributed by atoms with Crippen molar-refractivity contribution < 1.29 is 0 Å². The van der Waals surface area contributed by atoms with Gasteiger partial charge in [-0.15, -0.1) is 0 Å². The highest BCUT2D eigenvalue weighted by molar-refractivity contribution is 5.96. The van der Waals surface area contributed by atoms with E-state index < -0.39 is 0 Å². The average Bonchev–Trinajstić information content (AvgIpc) is 2.29. The van der Waals surface area contributed by atoms with Gasteiger partial charge in [-0.05, 0) is 17.5 Å². The fraction of sp³-hybridized carbons (Fsp3) is 0. The van der Waals surface area contributed by atoms with E-state index in [0.717, 1.165) is 22.0 Å². The topological polar surface area (TPSA) is 49.8 Å². The summed E-state index contributed by atoms with van der Waals surface area (Å²) in [7, 11) is 0. The first kappa shape index (κ1) is 9.12. The second kappa shape index (κ2) is 3.74. The molecule has 0 heterocycles. The number of nitrogens with zero attached hydrogens (tertiary/aromatic N) is 1. The number of benzene rings is 2. The molecule has 2 heteroatoms. The van der Waals surface area contributed by atoms with Gasteiger partial charge in [-0.1, -0.05) is 30.2 Å². The van der Waals surface area contributed by atoms with E-state index in [1.54, 1.807) is 6.07 Å². The van der Waals surface area contributed by atoms with Crippen LogP contribution in [0.1, 0.15) is 5.56 Å². The van der Waals surface area contributed by atoms with Crippen LogP contribution >= 0.6 is 0 Å². The molecule has 0 radical (unpaired) electrons. The van der Waals surface area contributed by atoms with E-state index in [1.165, 1.54) is 0 Å². The maximum Gasteiger partial charge on any atom is 0.152 e. The van der Waals surface area contributed by atoms with Gasteiger partial charge >= 0.3 is 0 Å². The standard InChI is InChI=1S/C13H8N2/c14-9-3-4-10-7-8-13(15)12-6-2-1-5-11(10)12/h1-2,5-8H,15H2. The van der Waals surface area contributed by atoms with Crippen molar-refractivity contribution in [1.82, 2.24) is 0 Å². The Kier molecular flexibility index (Phi) is 2.27. The van der Waals surface area contributed by atoms with Crippen LogP contribution in [0.4, 0.5) is 5.69 Å². The zero-order valence-electron chi connectivity index (χ0n) is 7.99. The number of fused-ring (bicyclic) bond motifs is 1. The number of nitrogens with two attached hydrogens (primary N) is 1. The van der Waals surface area contributed by atoms with E-state index in [0.29, 0.717) is 0 Å². The minimum Gasteiger partial charge on any atom is -0.398 e. The Morgan fingerprint density at radius 3 is 2.47 bits per heavy atom. The van der Waals surface area contributed by atoms with Gasteiger partial charge in [0.2, 0.25) is 0 Å². The summed E-state index contributed by atoms with van der Waals surface area (Å²) in [5.41, 5.74) is 7.40. The lowest BCUT2D eigenvalue weighted by molar-refractivity contribution is 1.55. The normalized spacial score (nSPS) is 9.00. The van der Waals surface area contributed by atoms with Crippen molar-refractivity contribution in [1.29, 1.82) is 5.26 Å². The van der Waals surface area contributed by atoms with Gasteiger partial charge in [0.1, 0.15) is 0 Å². The highest BCUT2D eigenvalue weighted by Crippen LogP contribution is 2.23. The van der Waals surface area contributed by atoms with E-state index in [9.17, 15) is 0 Å². The Morgan fingerprint density at radius 1 is 1.00 bits per heavy atom. The molecule has 0 aliphatic carbocycles. The highest BCUT2D eigenvalue weighted by atomic mass is 14.5. The molecule has 0 saturated carbocycles. The Balaban J connectivity index is 2.79. The average molecular weight is 192 g/mol. The molecule has 0 amide bonds. The molecule has 2 nitrogen and oxygen atoms in total. The number of rotatable bonds is 0. The fourth-order valence-corrected chi connectivity index (χ4v) is 1.53.